The third-order valence-electron chi connectivity index (χ3n) is 5.04. The number of ether oxygens (including phenoxy) is 1. The van der Waals surface area contributed by atoms with Crippen molar-refractivity contribution in [2.45, 2.75) is 52.2 Å². The van der Waals surface area contributed by atoms with Gasteiger partial charge in [0.05, 0.1) is 6.10 Å². The van der Waals surface area contributed by atoms with Gasteiger partial charge in [0.1, 0.15) is 0 Å². The Balaban J connectivity index is 2.25. The molecule has 1 aromatic carbocycles. The zero-order chi connectivity index (χ0) is 18.4. The van der Waals surface area contributed by atoms with E-state index in [1.807, 2.05) is 37.2 Å². The van der Waals surface area contributed by atoms with Gasteiger partial charge in [0.15, 0.2) is 0 Å². The van der Waals surface area contributed by atoms with E-state index in [1.165, 1.54) is 0 Å². The maximum absolute atomic E-state index is 13.1. The lowest BCUT2D eigenvalue weighted by molar-refractivity contribution is -0.138. The van der Waals surface area contributed by atoms with Gasteiger partial charge in [-0.3, -0.25) is 4.79 Å². The maximum atomic E-state index is 13.1. The van der Waals surface area contributed by atoms with Crippen LogP contribution in [0, 0.1) is 5.92 Å². The summed E-state index contributed by atoms with van der Waals surface area (Å²) in [6, 6.07) is 5.92. The topological polar surface area (TPSA) is 58.8 Å². The number of nitrogen functional groups attached to an aromatic ring is 1. The SMILES string of the molecule is CCC(CC)C(=O)N(Cc1cc(N)ccc1N(C)C)C[C@H]1CCCO1. The lowest BCUT2D eigenvalue weighted by Gasteiger charge is -2.30. The molecule has 5 nitrogen and oxygen atoms in total. The fraction of sp³-hybridized carbons (Fsp3) is 0.650. The molecule has 0 radical (unpaired) electrons. The zero-order valence-electron chi connectivity index (χ0n) is 16.1. The summed E-state index contributed by atoms with van der Waals surface area (Å²) in [6.45, 7) is 6.22. The Hall–Kier alpha value is -1.75. The Kier molecular flexibility index (Phi) is 7.12. The van der Waals surface area contributed by atoms with Crippen LogP contribution in [0.4, 0.5) is 11.4 Å². The van der Waals surface area contributed by atoms with E-state index in [9.17, 15) is 4.79 Å². The predicted molar refractivity (Wildman–Crippen MR) is 104 cm³/mol. The summed E-state index contributed by atoms with van der Waals surface area (Å²) in [7, 11) is 4.03. The summed E-state index contributed by atoms with van der Waals surface area (Å²) in [5, 5.41) is 0. The van der Waals surface area contributed by atoms with Gasteiger partial charge in [-0.1, -0.05) is 13.8 Å². The van der Waals surface area contributed by atoms with Gasteiger partial charge in [0.2, 0.25) is 5.91 Å². The quantitative estimate of drug-likeness (QED) is 0.733. The molecule has 0 aliphatic carbocycles. The van der Waals surface area contributed by atoms with Gasteiger partial charge in [-0.2, -0.15) is 0 Å². The van der Waals surface area contributed by atoms with Crippen molar-refractivity contribution in [2.75, 3.05) is 37.9 Å². The molecule has 5 heteroatoms. The molecule has 0 saturated carbocycles. The number of amides is 1. The summed E-state index contributed by atoms with van der Waals surface area (Å²) >= 11 is 0. The zero-order valence-corrected chi connectivity index (χ0v) is 16.1. The number of nitrogens with two attached hydrogens (primary N) is 1. The highest BCUT2D eigenvalue weighted by Crippen LogP contribution is 2.25. The first-order chi connectivity index (χ1) is 12.0. The molecule has 2 N–H and O–H groups in total. The molecule has 25 heavy (non-hydrogen) atoms. The molecule has 1 atom stereocenters. The van der Waals surface area contributed by atoms with E-state index in [-0.39, 0.29) is 17.9 Å². The maximum Gasteiger partial charge on any atom is 0.226 e. The summed E-state index contributed by atoms with van der Waals surface area (Å²) < 4.78 is 5.79. The first-order valence-electron chi connectivity index (χ1n) is 9.42. The van der Waals surface area contributed by atoms with Crippen molar-refractivity contribution in [1.82, 2.24) is 4.90 Å². The minimum Gasteiger partial charge on any atom is -0.399 e. The van der Waals surface area contributed by atoms with Crippen LogP contribution in [0.25, 0.3) is 0 Å². The molecule has 1 heterocycles. The van der Waals surface area contributed by atoms with Crippen LogP contribution in [0.15, 0.2) is 18.2 Å². The average Bonchev–Trinajstić information content (AvgIpc) is 3.08. The minimum absolute atomic E-state index is 0.0743. The van der Waals surface area contributed by atoms with Crippen molar-refractivity contribution in [1.29, 1.82) is 0 Å². The molecule has 0 aromatic heterocycles. The number of anilines is 2. The first-order valence-corrected chi connectivity index (χ1v) is 9.42. The number of hydrogen-bond donors (Lipinski definition) is 1. The van der Waals surface area contributed by atoms with Crippen molar-refractivity contribution < 1.29 is 9.53 Å². The molecule has 1 amide bonds. The van der Waals surface area contributed by atoms with E-state index in [1.54, 1.807) is 0 Å². The average molecular weight is 348 g/mol. The summed E-state index contributed by atoms with van der Waals surface area (Å²) in [5.41, 5.74) is 8.92. The van der Waals surface area contributed by atoms with Crippen LogP contribution in [-0.4, -0.2) is 44.2 Å². The van der Waals surface area contributed by atoms with Crippen molar-refractivity contribution in [3.63, 3.8) is 0 Å². The Morgan fingerprint density at radius 1 is 1.32 bits per heavy atom. The molecular weight excluding hydrogens is 314 g/mol. The van der Waals surface area contributed by atoms with E-state index in [4.69, 9.17) is 10.5 Å². The van der Waals surface area contributed by atoms with Crippen LogP contribution in [0.2, 0.25) is 0 Å². The van der Waals surface area contributed by atoms with Crippen molar-refractivity contribution in [2.24, 2.45) is 5.92 Å². The minimum atomic E-state index is 0.0743. The number of nitrogens with zero attached hydrogens (tertiary/aromatic N) is 2. The van der Waals surface area contributed by atoms with Crippen molar-refractivity contribution in [3.05, 3.63) is 23.8 Å². The van der Waals surface area contributed by atoms with Gasteiger partial charge in [-0.15, -0.1) is 0 Å². The lowest BCUT2D eigenvalue weighted by Crippen LogP contribution is -2.40. The molecule has 1 fully saturated rings. The number of hydrogen-bond acceptors (Lipinski definition) is 4. The fourth-order valence-corrected chi connectivity index (χ4v) is 3.54. The lowest BCUT2D eigenvalue weighted by atomic mass is 10.0. The Morgan fingerprint density at radius 3 is 2.60 bits per heavy atom. The third kappa shape index (κ3) is 5.11. The molecule has 1 saturated heterocycles. The summed E-state index contributed by atoms with van der Waals surface area (Å²) in [5.74, 6) is 0.304. The first kappa shape index (κ1) is 19.6. The van der Waals surface area contributed by atoms with Crippen LogP contribution in [-0.2, 0) is 16.1 Å². The molecule has 0 unspecified atom stereocenters. The molecule has 140 valence electrons. The molecular formula is C20H33N3O2. The predicted octanol–water partition coefficient (Wildman–Crippen LogP) is 3.28. The second-order valence-electron chi connectivity index (χ2n) is 7.15. The van der Waals surface area contributed by atoms with Gasteiger partial charge < -0.3 is 20.3 Å². The van der Waals surface area contributed by atoms with Crippen molar-refractivity contribution >= 4 is 17.3 Å². The molecule has 2 rings (SSSR count). The van der Waals surface area contributed by atoms with Gasteiger partial charge in [0, 0.05) is 51.1 Å². The van der Waals surface area contributed by atoms with Gasteiger partial charge in [-0.25, -0.2) is 0 Å². The van der Waals surface area contributed by atoms with Crippen LogP contribution >= 0.6 is 0 Å². The molecule has 0 bridgehead atoms. The second kappa shape index (κ2) is 9.09. The van der Waals surface area contributed by atoms with E-state index in [0.717, 1.165) is 49.2 Å². The number of benzene rings is 1. The van der Waals surface area contributed by atoms with E-state index in [0.29, 0.717) is 13.1 Å². The second-order valence-corrected chi connectivity index (χ2v) is 7.15. The van der Waals surface area contributed by atoms with Crippen LogP contribution in [0.3, 0.4) is 0 Å². The number of rotatable bonds is 8. The smallest absolute Gasteiger partial charge is 0.226 e. The number of carbonyl (C=O) groups excluding carboxylic acids is 1. The van der Waals surface area contributed by atoms with E-state index >= 15 is 0 Å². The van der Waals surface area contributed by atoms with Crippen LogP contribution in [0.1, 0.15) is 45.1 Å². The Labute approximate surface area is 152 Å². The van der Waals surface area contributed by atoms with Gasteiger partial charge in [0.25, 0.3) is 0 Å². The van der Waals surface area contributed by atoms with E-state index in [2.05, 4.69) is 18.7 Å². The molecule has 0 spiro atoms. The summed E-state index contributed by atoms with van der Waals surface area (Å²) in [6.07, 6.45) is 4.01. The standard InChI is InChI=1S/C20H33N3O2/c1-5-15(6-2)20(24)23(14-18-8-7-11-25-18)13-16-12-17(21)9-10-19(16)22(3)4/h9-10,12,15,18H,5-8,11,13-14,21H2,1-4H3/t18-/m1/s1. The fourth-order valence-electron chi connectivity index (χ4n) is 3.54. The molecule has 1 aliphatic heterocycles. The summed E-state index contributed by atoms with van der Waals surface area (Å²) in [4.78, 5) is 17.1. The highest BCUT2D eigenvalue weighted by Gasteiger charge is 2.27. The molecule has 1 aromatic rings. The van der Waals surface area contributed by atoms with E-state index < -0.39 is 0 Å². The molecule has 1 aliphatic rings. The Morgan fingerprint density at radius 2 is 2.04 bits per heavy atom. The van der Waals surface area contributed by atoms with Crippen LogP contribution in [0.5, 0.6) is 0 Å². The van der Waals surface area contributed by atoms with Gasteiger partial charge in [-0.05, 0) is 49.4 Å². The highest BCUT2D eigenvalue weighted by molar-refractivity contribution is 5.79. The highest BCUT2D eigenvalue weighted by atomic mass is 16.5. The number of carbonyl (C=O) groups is 1. The van der Waals surface area contributed by atoms with Crippen molar-refractivity contribution in [3.8, 4) is 0 Å². The Bertz CT molecular complexity index is 564. The normalized spacial score (nSPS) is 17.1. The van der Waals surface area contributed by atoms with Gasteiger partial charge >= 0.3 is 0 Å². The monoisotopic (exact) mass is 347 g/mol. The third-order valence-corrected chi connectivity index (χ3v) is 5.04. The van der Waals surface area contributed by atoms with Crippen LogP contribution < -0.4 is 10.6 Å². The largest absolute Gasteiger partial charge is 0.399 e.